The monoisotopic (exact) mass is 257 g/mol. The molecule has 1 unspecified atom stereocenters. The Kier molecular flexibility index (Phi) is 3.39. The van der Waals surface area contributed by atoms with Crippen molar-refractivity contribution < 1.29 is 4.74 Å². The second kappa shape index (κ2) is 5.18. The fourth-order valence-electron chi connectivity index (χ4n) is 3.06. The first-order chi connectivity index (χ1) is 9.31. The molecule has 4 heteroatoms. The van der Waals surface area contributed by atoms with Crippen LogP contribution < -0.4 is 4.90 Å². The smallest absolute Gasteiger partial charge is 0.146 e. The number of nitrogens with zero attached hydrogens (tertiary/aromatic N) is 3. The van der Waals surface area contributed by atoms with Crippen molar-refractivity contribution in [1.82, 2.24) is 4.98 Å². The van der Waals surface area contributed by atoms with Gasteiger partial charge in [-0.25, -0.2) is 4.98 Å². The van der Waals surface area contributed by atoms with Crippen molar-refractivity contribution >= 4 is 5.82 Å². The van der Waals surface area contributed by atoms with Crippen LogP contribution in [0, 0.1) is 11.3 Å². The highest BCUT2D eigenvalue weighted by atomic mass is 16.5. The number of aryl methyl sites for hydroxylation is 2. The number of rotatable bonds is 2. The third kappa shape index (κ3) is 2.31. The Morgan fingerprint density at radius 3 is 3.00 bits per heavy atom. The second-order valence-electron chi connectivity index (χ2n) is 5.38. The lowest BCUT2D eigenvalue weighted by Gasteiger charge is -2.22. The lowest BCUT2D eigenvalue weighted by Crippen LogP contribution is -2.25. The van der Waals surface area contributed by atoms with Crippen LogP contribution in [-0.4, -0.2) is 31.3 Å². The summed E-state index contributed by atoms with van der Waals surface area (Å²) in [6, 6.07) is 4.36. The molecule has 1 atom stereocenters. The Morgan fingerprint density at radius 1 is 1.42 bits per heavy atom. The first kappa shape index (κ1) is 12.4. The van der Waals surface area contributed by atoms with Gasteiger partial charge in [-0.15, -0.1) is 0 Å². The summed E-state index contributed by atoms with van der Waals surface area (Å²) in [6.07, 6.45) is 5.83. The van der Waals surface area contributed by atoms with Crippen LogP contribution in [0.4, 0.5) is 5.82 Å². The lowest BCUT2D eigenvalue weighted by atomic mass is 9.95. The average molecular weight is 257 g/mol. The number of nitriles is 1. The largest absolute Gasteiger partial charge is 0.380 e. The van der Waals surface area contributed by atoms with E-state index in [0.29, 0.717) is 0 Å². The molecule has 0 N–H and O–H groups in total. The van der Waals surface area contributed by atoms with Crippen LogP contribution in [0.2, 0.25) is 0 Å². The first-order valence-electron chi connectivity index (χ1n) is 7.02. The summed E-state index contributed by atoms with van der Waals surface area (Å²) in [4.78, 5) is 6.98. The van der Waals surface area contributed by atoms with Crippen LogP contribution in [-0.2, 0) is 17.6 Å². The quantitative estimate of drug-likeness (QED) is 0.813. The van der Waals surface area contributed by atoms with E-state index < -0.39 is 0 Å². The Morgan fingerprint density at radius 2 is 2.26 bits per heavy atom. The summed E-state index contributed by atoms with van der Waals surface area (Å²) in [5.74, 6) is 0.864. The molecule has 3 rings (SSSR count). The molecular formula is C15H19N3O. The molecule has 19 heavy (non-hydrogen) atoms. The number of aromatic nitrogens is 1. The molecule has 0 radical (unpaired) electrons. The highest BCUT2D eigenvalue weighted by Crippen LogP contribution is 2.28. The topological polar surface area (TPSA) is 49.1 Å². The zero-order valence-corrected chi connectivity index (χ0v) is 11.4. The normalized spacial score (nSPS) is 22.1. The van der Waals surface area contributed by atoms with E-state index in [1.165, 1.54) is 24.1 Å². The number of hydrogen-bond acceptors (Lipinski definition) is 4. The van der Waals surface area contributed by atoms with E-state index in [1.807, 2.05) is 0 Å². The van der Waals surface area contributed by atoms with Crippen molar-refractivity contribution in [1.29, 1.82) is 5.26 Å². The number of methoxy groups -OCH3 is 1. The Labute approximate surface area is 114 Å². The summed E-state index contributed by atoms with van der Waals surface area (Å²) in [6.45, 7) is 1.77. The van der Waals surface area contributed by atoms with Gasteiger partial charge in [0.15, 0.2) is 0 Å². The van der Waals surface area contributed by atoms with Gasteiger partial charge in [0.05, 0.1) is 11.7 Å². The highest BCUT2D eigenvalue weighted by molar-refractivity contribution is 5.57. The van der Waals surface area contributed by atoms with E-state index in [1.54, 1.807) is 7.11 Å². The lowest BCUT2D eigenvalue weighted by molar-refractivity contribution is 0.121. The van der Waals surface area contributed by atoms with E-state index in [4.69, 9.17) is 9.72 Å². The molecule has 100 valence electrons. The van der Waals surface area contributed by atoms with Crippen molar-refractivity contribution in [3.63, 3.8) is 0 Å². The van der Waals surface area contributed by atoms with Crippen LogP contribution >= 0.6 is 0 Å². The number of fused-ring (bicyclic) bond motifs is 1. The predicted octanol–water partition coefficient (Wildman–Crippen LogP) is 2.06. The van der Waals surface area contributed by atoms with E-state index in [9.17, 15) is 5.26 Å². The molecule has 1 aromatic rings. The molecule has 2 heterocycles. The maximum Gasteiger partial charge on any atom is 0.146 e. The number of hydrogen-bond donors (Lipinski definition) is 0. The van der Waals surface area contributed by atoms with E-state index in [-0.39, 0.29) is 6.10 Å². The van der Waals surface area contributed by atoms with Crippen molar-refractivity contribution in [2.45, 2.75) is 38.2 Å². The molecule has 1 saturated heterocycles. The SMILES string of the molecule is COC1CCN(c2nc3c(cc2C#N)CCCC3)C1. The molecule has 0 saturated carbocycles. The van der Waals surface area contributed by atoms with Crippen molar-refractivity contribution in [2.75, 3.05) is 25.1 Å². The predicted molar refractivity (Wildman–Crippen MR) is 73.2 cm³/mol. The maximum atomic E-state index is 9.36. The highest BCUT2D eigenvalue weighted by Gasteiger charge is 2.26. The molecule has 1 fully saturated rings. The summed E-state index contributed by atoms with van der Waals surface area (Å²) in [5, 5.41) is 9.36. The minimum atomic E-state index is 0.268. The first-order valence-corrected chi connectivity index (χ1v) is 7.02. The molecule has 2 aliphatic rings. The van der Waals surface area contributed by atoms with Gasteiger partial charge in [0.1, 0.15) is 11.9 Å². The van der Waals surface area contributed by atoms with Crippen LogP contribution in [0.15, 0.2) is 6.07 Å². The zero-order valence-electron chi connectivity index (χ0n) is 11.4. The molecule has 1 aliphatic heterocycles. The number of anilines is 1. The summed E-state index contributed by atoms with van der Waals surface area (Å²) in [5.41, 5.74) is 3.19. The molecule has 0 amide bonds. The van der Waals surface area contributed by atoms with Gasteiger partial charge in [-0.2, -0.15) is 5.26 Å². The van der Waals surface area contributed by atoms with Gasteiger partial charge in [0, 0.05) is 25.9 Å². The molecule has 1 aromatic heterocycles. The minimum Gasteiger partial charge on any atom is -0.380 e. The van der Waals surface area contributed by atoms with Gasteiger partial charge in [-0.05, 0) is 43.7 Å². The maximum absolute atomic E-state index is 9.36. The van der Waals surface area contributed by atoms with Crippen molar-refractivity contribution in [2.24, 2.45) is 0 Å². The minimum absolute atomic E-state index is 0.268. The van der Waals surface area contributed by atoms with Crippen LogP contribution in [0.1, 0.15) is 36.1 Å². The molecule has 4 nitrogen and oxygen atoms in total. The van der Waals surface area contributed by atoms with Crippen molar-refractivity contribution in [3.05, 3.63) is 22.9 Å². The Bertz CT molecular complexity index is 521. The summed E-state index contributed by atoms with van der Waals surface area (Å²) in [7, 11) is 1.75. The molecular weight excluding hydrogens is 238 g/mol. The second-order valence-corrected chi connectivity index (χ2v) is 5.38. The van der Waals surface area contributed by atoms with Crippen molar-refractivity contribution in [3.8, 4) is 6.07 Å². The molecule has 0 aromatic carbocycles. The average Bonchev–Trinajstić information content (AvgIpc) is 2.94. The number of pyridine rings is 1. The zero-order chi connectivity index (χ0) is 13.2. The molecule has 0 bridgehead atoms. The third-order valence-electron chi connectivity index (χ3n) is 4.18. The molecule has 0 spiro atoms. The van der Waals surface area contributed by atoms with E-state index >= 15 is 0 Å². The number of ether oxygens (including phenoxy) is 1. The van der Waals surface area contributed by atoms with Gasteiger partial charge in [-0.1, -0.05) is 0 Å². The Hall–Kier alpha value is -1.60. The van der Waals surface area contributed by atoms with Crippen LogP contribution in [0.5, 0.6) is 0 Å². The third-order valence-corrected chi connectivity index (χ3v) is 4.18. The van der Waals surface area contributed by atoms with Gasteiger partial charge < -0.3 is 9.64 Å². The molecule has 1 aliphatic carbocycles. The summed E-state index contributed by atoms with van der Waals surface area (Å²) < 4.78 is 5.40. The Balaban J connectivity index is 1.94. The van der Waals surface area contributed by atoms with Gasteiger partial charge in [0.25, 0.3) is 0 Å². The van der Waals surface area contributed by atoms with Gasteiger partial charge in [-0.3, -0.25) is 0 Å². The van der Waals surface area contributed by atoms with E-state index in [2.05, 4.69) is 17.0 Å². The van der Waals surface area contributed by atoms with Gasteiger partial charge >= 0.3 is 0 Å². The fraction of sp³-hybridized carbons (Fsp3) is 0.600. The summed E-state index contributed by atoms with van der Waals surface area (Å²) >= 11 is 0. The van der Waals surface area contributed by atoms with E-state index in [0.717, 1.165) is 43.7 Å². The van der Waals surface area contributed by atoms with Gasteiger partial charge in [0.2, 0.25) is 0 Å². The van der Waals surface area contributed by atoms with Crippen LogP contribution in [0.3, 0.4) is 0 Å². The van der Waals surface area contributed by atoms with Crippen LogP contribution in [0.25, 0.3) is 0 Å². The standard InChI is InChI=1S/C15H19N3O/c1-19-13-6-7-18(10-13)15-12(9-16)8-11-4-2-3-5-14(11)17-15/h8,13H,2-7,10H2,1H3. The fourth-order valence-corrected chi connectivity index (χ4v) is 3.06.